The third-order valence-corrected chi connectivity index (χ3v) is 3.98. The van der Waals surface area contributed by atoms with Crippen molar-refractivity contribution in [3.05, 3.63) is 33.9 Å². The number of nitrogens with zero attached hydrogens (tertiary/aromatic N) is 1. The van der Waals surface area contributed by atoms with Crippen LogP contribution in [0, 0.1) is 17.0 Å². The van der Waals surface area contributed by atoms with E-state index in [0.717, 1.165) is 37.7 Å². The summed E-state index contributed by atoms with van der Waals surface area (Å²) < 4.78 is 0. The fourth-order valence-corrected chi connectivity index (χ4v) is 3.11. The zero-order valence-electron chi connectivity index (χ0n) is 12.1. The van der Waals surface area contributed by atoms with Crippen LogP contribution < -0.4 is 5.32 Å². The van der Waals surface area contributed by atoms with Crippen LogP contribution >= 0.6 is 0 Å². The molecule has 2 N–H and O–H groups in total. The van der Waals surface area contributed by atoms with Crippen LogP contribution in [0.5, 0.6) is 0 Å². The molecule has 0 aliphatic heterocycles. The Kier molecular flexibility index (Phi) is 4.45. The molecule has 1 aromatic carbocycles. The highest BCUT2D eigenvalue weighted by Crippen LogP contribution is 2.35. The van der Waals surface area contributed by atoms with Crippen LogP contribution in [0.3, 0.4) is 0 Å². The van der Waals surface area contributed by atoms with E-state index in [1.54, 1.807) is 6.92 Å². The Bertz CT molecular complexity index is 551. The molecule has 6 heteroatoms. The van der Waals surface area contributed by atoms with Crippen molar-refractivity contribution in [2.45, 2.75) is 51.0 Å². The van der Waals surface area contributed by atoms with Crippen LogP contribution in [0.4, 0.5) is 11.4 Å². The molecular weight excluding hydrogens is 272 g/mol. The fourth-order valence-electron chi connectivity index (χ4n) is 3.11. The second kappa shape index (κ2) is 6.11. The van der Waals surface area contributed by atoms with Crippen molar-refractivity contribution >= 4 is 17.3 Å². The lowest BCUT2D eigenvalue weighted by atomic mass is 9.79. The lowest BCUT2D eigenvalue weighted by Gasteiger charge is -2.38. The Labute approximate surface area is 123 Å². The number of aryl methyl sites for hydroxylation is 1. The summed E-state index contributed by atoms with van der Waals surface area (Å²) >= 11 is 0. The first kappa shape index (κ1) is 15.3. The molecule has 6 nitrogen and oxygen atoms in total. The predicted molar refractivity (Wildman–Crippen MR) is 79.5 cm³/mol. The van der Waals surface area contributed by atoms with Gasteiger partial charge in [-0.3, -0.25) is 14.9 Å². The van der Waals surface area contributed by atoms with E-state index in [9.17, 15) is 14.9 Å². The van der Waals surface area contributed by atoms with Crippen LogP contribution in [0.25, 0.3) is 0 Å². The Morgan fingerprint density at radius 3 is 2.57 bits per heavy atom. The SMILES string of the molecule is Cc1cc(NC2(CC(=O)O)CCCCC2)cc([N+](=O)[O-])c1. The van der Waals surface area contributed by atoms with Crippen molar-refractivity contribution in [2.75, 3.05) is 5.32 Å². The lowest BCUT2D eigenvalue weighted by molar-refractivity contribution is -0.384. The highest BCUT2D eigenvalue weighted by Gasteiger charge is 2.34. The monoisotopic (exact) mass is 292 g/mol. The first-order chi connectivity index (χ1) is 9.90. The number of carboxylic acids is 1. The smallest absolute Gasteiger partial charge is 0.305 e. The number of hydrogen-bond donors (Lipinski definition) is 2. The first-order valence-electron chi connectivity index (χ1n) is 7.16. The molecule has 0 aromatic heterocycles. The number of nitrogens with one attached hydrogen (secondary N) is 1. The van der Waals surface area contributed by atoms with Crippen LogP contribution in [-0.2, 0) is 4.79 Å². The van der Waals surface area contributed by atoms with E-state index in [1.807, 2.05) is 6.07 Å². The van der Waals surface area contributed by atoms with Crippen molar-refractivity contribution in [1.82, 2.24) is 0 Å². The zero-order valence-corrected chi connectivity index (χ0v) is 12.1. The molecule has 0 heterocycles. The molecule has 0 atom stereocenters. The van der Waals surface area contributed by atoms with Crippen molar-refractivity contribution in [3.63, 3.8) is 0 Å². The van der Waals surface area contributed by atoms with Gasteiger partial charge in [0, 0.05) is 23.4 Å². The van der Waals surface area contributed by atoms with Gasteiger partial charge in [-0.1, -0.05) is 19.3 Å². The molecule has 114 valence electrons. The summed E-state index contributed by atoms with van der Waals surface area (Å²) in [5, 5.41) is 23.4. The van der Waals surface area contributed by atoms with E-state index in [2.05, 4.69) is 5.32 Å². The minimum Gasteiger partial charge on any atom is -0.481 e. The van der Waals surface area contributed by atoms with Crippen LogP contribution in [-0.4, -0.2) is 21.5 Å². The second-order valence-corrected chi connectivity index (χ2v) is 5.85. The summed E-state index contributed by atoms with van der Waals surface area (Å²) in [6, 6.07) is 4.81. The average molecular weight is 292 g/mol. The van der Waals surface area contributed by atoms with Gasteiger partial charge in [-0.15, -0.1) is 0 Å². The van der Waals surface area contributed by atoms with Crippen molar-refractivity contribution in [1.29, 1.82) is 0 Å². The maximum absolute atomic E-state index is 11.2. The molecule has 21 heavy (non-hydrogen) atoms. The fraction of sp³-hybridized carbons (Fsp3) is 0.533. The van der Waals surface area contributed by atoms with Gasteiger partial charge in [0.25, 0.3) is 5.69 Å². The quantitative estimate of drug-likeness (QED) is 0.640. The topological polar surface area (TPSA) is 92.5 Å². The molecule has 0 spiro atoms. The maximum Gasteiger partial charge on any atom is 0.305 e. The minimum atomic E-state index is -0.841. The number of hydrogen-bond acceptors (Lipinski definition) is 4. The van der Waals surface area contributed by atoms with Crippen molar-refractivity contribution in [2.24, 2.45) is 0 Å². The average Bonchev–Trinajstić information content (AvgIpc) is 2.37. The first-order valence-corrected chi connectivity index (χ1v) is 7.16. The standard InChI is InChI=1S/C15H20N2O4/c1-11-7-12(9-13(8-11)17(20)21)16-15(10-14(18)19)5-3-2-4-6-15/h7-9,16H,2-6,10H2,1H3,(H,18,19). The van der Waals surface area contributed by atoms with Crippen LogP contribution in [0.15, 0.2) is 18.2 Å². The number of carboxylic acid groups (broad SMARTS) is 1. The van der Waals surface area contributed by atoms with Gasteiger partial charge in [0.15, 0.2) is 0 Å². The number of rotatable bonds is 5. The second-order valence-electron chi connectivity index (χ2n) is 5.85. The molecule has 0 bridgehead atoms. The maximum atomic E-state index is 11.2. The Balaban J connectivity index is 2.27. The largest absolute Gasteiger partial charge is 0.481 e. The molecular formula is C15H20N2O4. The predicted octanol–water partition coefficient (Wildman–Crippen LogP) is 3.49. The Morgan fingerprint density at radius 1 is 1.33 bits per heavy atom. The van der Waals surface area contributed by atoms with E-state index >= 15 is 0 Å². The van der Waals surface area contributed by atoms with Gasteiger partial charge in [-0.25, -0.2) is 0 Å². The van der Waals surface area contributed by atoms with Gasteiger partial charge in [0.05, 0.1) is 11.3 Å². The van der Waals surface area contributed by atoms with E-state index in [0.29, 0.717) is 5.69 Å². The molecule has 1 aliphatic rings. The van der Waals surface area contributed by atoms with Gasteiger partial charge in [-0.05, 0) is 31.4 Å². The summed E-state index contributed by atoms with van der Waals surface area (Å²) in [6.07, 6.45) is 4.66. The number of nitro benzene ring substituents is 1. The number of anilines is 1. The minimum absolute atomic E-state index is 0.0267. The molecule has 0 amide bonds. The number of benzene rings is 1. The van der Waals surface area contributed by atoms with Gasteiger partial charge < -0.3 is 10.4 Å². The van der Waals surface area contributed by atoms with Crippen molar-refractivity contribution in [3.8, 4) is 0 Å². The summed E-state index contributed by atoms with van der Waals surface area (Å²) in [5.41, 5.74) is 0.947. The Morgan fingerprint density at radius 2 is 2.00 bits per heavy atom. The highest BCUT2D eigenvalue weighted by atomic mass is 16.6. The van der Waals surface area contributed by atoms with Crippen LogP contribution in [0.2, 0.25) is 0 Å². The summed E-state index contributed by atoms with van der Waals surface area (Å²) in [5.74, 6) is -0.841. The number of carbonyl (C=O) groups is 1. The molecule has 1 aromatic rings. The summed E-state index contributed by atoms with van der Waals surface area (Å²) in [6.45, 7) is 1.79. The molecule has 0 radical (unpaired) electrons. The molecule has 2 rings (SSSR count). The third kappa shape index (κ3) is 3.93. The molecule has 0 saturated heterocycles. The van der Waals surface area contributed by atoms with Gasteiger partial charge in [0.2, 0.25) is 0 Å². The Hall–Kier alpha value is -2.11. The van der Waals surface area contributed by atoms with E-state index in [4.69, 9.17) is 5.11 Å². The molecule has 0 unspecified atom stereocenters. The van der Waals surface area contributed by atoms with Gasteiger partial charge in [0.1, 0.15) is 0 Å². The molecule has 1 saturated carbocycles. The number of nitro groups is 1. The van der Waals surface area contributed by atoms with E-state index in [1.165, 1.54) is 12.1 Å². The van der Waals surface area contributed by atoms with E-state index < -0.39 is 16.4 Å². The van der Waals surface area contributed by atoms with Gasteiger partial charge >= 0.3 is 5.97 Å². The lowest BCUT2D eigenvalue weighted by Crippen LogP contribution is -2.42. The molecule has 1 aliphatic carbocycles. The van der Waals surface area contributed by atoms with Gasteiger partial charge in [-0.2, -0.15) is 0 Å². The summed E-state index contributed by atoms with van der Waals surface area (Å²) in [7, 11) is 0. The molecule has 1 fully saturated rings. The normalized spacial score (nSPS) is 17.2. The zero-order chi connectivity index (χ0) is 15.5. The van der Waals surface area contributed by atoms with Crippen LogP contribution in [0.1, 0.15) is 44.1 Å². The summed E-state index contributed by atoms with van der Waals surface area (Å²) in [4.78, 5) is 21.7. The number of non-ortho nitro benzene ring substituents is 1. The third-order valence-electron chi connectivity index (χ3n) is 3.98. The highest BCUT2D eigenvalue weighted by molar-refractivity contribution is 5.70. The number of aliphatic carboxylic acids is 1. The van der Waals surface area contributed by atoms with Crippen molar-refractivity contribution < 1.29 is 14.8 Å². The van der Waals surface area contributed by atoms with E-state index in [-0.39, 0.29) is 12.1 Å².